The minimum atomic E-state index is -0.802. The summed E-state index contributed by atoms with van der Waals surface area (Å²) >= 11 is 0. The van der Waals surface area contributed by atoms with Crippen molar-refractivity contribution in [1.29, 1.82) is 0 Å². The smallest absolute Gasteiger partial charge is 0.268 e. The fourth-order valence-corrected chi connectivity index (χ4v) is 2.44. The van der Waals surface area contributed by atoms with E-state index in [0.29, 0.717) is 5.56 Å². The van der Waals surface area contributed by atoms with Crippen LogP contribution in [0.1, 0.15) is 15.9 Å². The highest BCUT2D eigenvalue weighted by molar-refractivity contribution is 6.04. The van der Waals surface area contributed by atoms with Crippen molar-refractivity contribution < 1.29 is 13.6 Å². The Morgan fingerprint density at radius 2 is 1.88 bits per heavy atom. The summed E-state index contributed by atoms with van der Waals surface area (Å²) in [6, 6.07) is 6.75. The summed E-state index contributed by atoms with van der Waals surface area (Å²) in [6.45, 7) is 1.55. The molecule has 0 atom stereocenters. The zero-order chi connectivity index (χ0) is 18.8. The molecule has 2 heterocycles. The van der Waals surface area contributed by atoms with Crippen LogP contribution in [0.5, 0.6) is 0 Å². The summed E-state index contributed by atoms with van der Waals surface area (Å²) in [4.78, 5) is 38.6. The average Bonchev–Trinajstić information content (AvgIpc) is 2.59. The van der Waals surface area contributed by atoms with Gasteiger partial charge in [-0.3, -0.25) is 19.0 Å². The monoisotopic (exact) mass is 357 g/mol. The number of benzene rings is 1. The van der Waals surface area contributed by atoms with Crippen molar-refractivity contribution in [2.24, 2.45) is 0 Å². The summed E-state index contributed by atoms with van der Waals surface area (Å²) in [6.07, 6.45) is 2.55. The van der Waals surface area contributed by atoms with Crippen LogP contribution in [0.25, 0.3) is 5.69 Å². The molecule has 0 spiro atoms. The van der Waals surface area contributed by atoms with Crippen LogP contribution in [0, 0.1) is 18.6 Å². The van der Waals surface area contributed by atoms with Crippen molar-refractivity contribution in [2.75, 3.05) is 5.32 Å². The molecule has 1 aromatic carbocycles. The molecule has 0 bridgehead atoms. The number of hydrogen-bond acceptors (Lipinski definition) is 3. The maximum Gasteiger partial charge on any atom is 0.268 e. The molecule has 0 aliphatic heterocycles. The number of carbonyl (C=O) groups is 1. The molecule has 26 heavy (non-hydrogen) atoms. The molecule has 3 rings (SSSR count). The summed E-state index contributed by atoms with van der Waals surface area (Å²) in [5.41, 5.74) is -1.01. The first kappa shape index (κ1) is 17.3. The Morgan fingerprint density at radius 1 is 1.12 bits per heavy atom. The molecular formula is C18H13F2N3O3. The van der Waals surface area contributed by atoms with Gasteiger partial charge >= 0.3 is 0 Å². The quantitative estimate of drug-likeness (QED) is 0.755. The highest BCUT2D eigenvalue weighted by atomic mass is 19.1. The zero-order valence-corrected chi connectivity index (χ0v) is 13.5. The third-order valence-corrected chi connectivity index (χ3v) is 3.74. The normalized spacial score (nSPS) is 10.6. The Labute approximate surface area is 145 Å². The van der Waals surface area contributed by atoms with E-state index in [0.717, 1.165) is 22.8 Å². The van der Waals surface area contributed by atoms with Gasteiger partial charge in [0.1, 0.15) is 17.2 Å². The summed E-state index contributed by atoms with van der Waals surface area (Å²) < 4.78 is 28.3. The number of aryl methyl sites for hydroxylation is 1. The molecule has 0 saturated carbocycles. The van der Waals surface area contributed by atoms with Crippen LogP contribution in [0.3, 0.4) is 0 Å². The number of amides is 1. The Balaban J connectivity index is 2.06. The minimum absolute atomic E-state index is 0.220. The number of H-pyrrole nitrogens is 1. The van der Waals surface area contributed by atoms with Crippen LogP contribution in [0.2, 0.25) is 0 Å². The van der Waals surface area contributed by atoms with Crippen molar-refractivity contribution in [1.82, 2.24) is 9.55 Å². The highest BCUT2D eigenvalue weighted by Crippen LogP contribution is 2.15. The maximum atomic E-state index is 14.0. The van der Waals surface area contributed by atoms with E-state index in [1.807, 2.05) is 0 Å². The van der Waals surface area contributed by atoms with Crippen LogP contribution in [0.4, 0.5) is 14.5 Å². The molecule has 132 valence electrons. The fraction of sp³-hybridized carbons (Fsp3) is 0.0556. The third-order valence-electron chi connectivity index (χ3n) is 3.74. The average molecular weight is 357 g/mol. The molecule has 0 unspecified atom stereocenters. The van der Waals surface area contributed by atoms with Gasteiger partial charge in [-0.05, 0) is 36.8 Å². The Bertz CT molecular complexity index is 1100. The van der Waals surface area contributed by atoms with Gasteiger partial charge < -0.3 is 10.3 Å². The zero-order valence-electron chi connectivity index (χ0n) is 13.5. The lowest BCUT2D eigenvalue weighted by atomic mass is 10.1. The van der Waals surface area contributed by atoms with E-state index >= 15 is 0 Å². The van der Waals surface area contributed by atoms with Gasteiger partial charge in [-0.2, -0.15) is 0 Å². The van der Waals surface area contributed by atoms with Gasteiger partial charge in [-0.1, -0.05) is 0 Å². The van der Waals surface area contributed by atoms with Crippen molar-refractivity contribution in [3.63, 3.8) is 0 Å². The van der Waals surface area contributed by atoms with E-state index in [4.69, 9.17) is 0 Å². The first-order valence-electron chi connectivity index (χ1n) is 7.54. The van der Waals surface area contributed by atoms with Gasteiger partial charge in [0.15, 0.2) is 0 Å². The molecule has 0 saturated heterocycles. The highest BCUT2D eigenvalue weighted by Gasteiger charge is 2.18. The predicted molar refractivity (Wildman–Crippen MR) is 91.7 cm³/mol. The van der Waals surface area contributed by atoms with Crippen LogP contribution in [-0.4, -0.2) is 15.5 Å². The van der Waals surface area contributed by atoms with Crippen LogP contribution < -0.4 is 16.4 Å². The number of anilines is 1. The molecule has 3 aromatic rings. The summed E-state index contributed by atoms with van der Waals surface area (Å²) in [5.74, 6) is -2.25. The van der Waals surface area contributed by atoms with Gasteiger partial charge in [0, 0.05) is 24.5 Å². The van der Waals surface area contributed by atoms with Gasteiger partial charge in [-0.15, -0.1) is 0 Å². The second kappa shape index (κ2) is 6.75. The molecule has 0 fully saturated rings. The number of aromatic nitrogens is 2. The standard InChI is InChI=1S/C18H13F2N3O3/c1-10-6-7-23(14-8-11(19)2-4-13(14)20)18(26)16(10)17(25)22-12-3-5-15(24)21-9-12/h2-9H,1H3,(H,21,24)(H,22,25). The maximum absolute atomic E-state index is 14.0. The predicted octanol–water partition coefficient (Wildman–Crippen LogP) is 2.36. The van der Waals surface area contributed by atoms with Gasteiger partial charge in [-0.25, -0.2) is 8.78 Å². The van der Waals surface area contributed by atoms with Gasteiger partial charge in [0.05, 0.1) is 11.4 Å². The number of halogens is 2. The molecule has 2 N–H and O–H groups in total. The van der Waals surface area contributed by atoms with E-state index < -0.39 is 23.1 Å². The number of rotatable bonds is 3. The molecule has 6 nitrogen and oxygen atoms in total. The number of nitrogens with zero attached hydrogens (tertiary/aromatic N) is 1. The number of hydrogen-bond donors (Lipinski definition) is 2. The number of nitrogens with one attached hydrogen (secondary N) is 2. The third kappa shape index (κ3) is 3.30. The van der Waals surface area contributed by atoms with Crippen molar-refractivity contribution in [3.05, 3.63) is 92.3 Å². The van der Waals surface area contributed by atoms with Crippen molar-refractivity contribution in [3.8, 4) is 5.69 Å². The number of carbonyl (C=O) groups excluding carboxylic acids is 1. The minimum Gasteiger partial charge on any atom is -0.327 e. The molecule has 2 aromatic heterocycles. The molecule has 1 amide bonds. The Hall–Kier alpha value is -3.55. The Kier molecular flexibility index (Phi) is 4.49. The van der Waals surface area contributed by atoms with Crippen molar-refractivity contribution >= 4 is 11.6 Å². The molecule has 0 aliphatic rings. The number of pyridine rings is 2. The fourth-order valence-electron chi connectivity index (χ4n) is 2.44. The topological polar surface area (TPSA) is 84.0 Å². The SMILES string of the molecule is Cc1ccn(-c2cc(F)ccc2F)c(=O)c1C(=O)Nc1ccc(=O)[nH]c1. The summed E-state index contributed by atoms with van der Waals surface area (Å²) in [5, 5.41) is 2.48. The van der Waals surface area contributed by atoms with Crippen molar-refractivity contribution in [2.45, 2.75) is 6.92 Å². The van der Waals surface area contributed by atoms with E-state index in [-0.39, 0.29) is 22.5 Å². The summed E-state index contributed by atoms with van der Waals surface area (Å²) in [7, 11) is 0. The van der Waals surface area contributed by atoms with Gasteiger partial charge in [0.2, 0.25) is 5.56 Å². The first-order chi connectivity index (χ1) is 12.4. The van der Waals surface area contributed by atoms with Crippen LogP contribution in [0.15, 0.2) is 58.4 Å². The van der Waals surface area contributed by atoms with E-state index in [1.54, 1.807) is 6.92 Å². The second-order valence-corrected chi connectivity index (χ2v) is 5.54. The van der Waals surface area contributed by atoms with Crippen LogP contribution in [-0.2, 0) is 0 Å². The van der Waals surface area contributed by atoms with E-state index in [1.165, 1.54) is 30.6 Å². The van der Waals surface area contributed by atoms with E-state index in [2.05, 4.69) is 10.3 Å². The van der Waals surface area contributed by atoms with Gasteiger partial charge in [0.25, 0.3) is 11.5 Å². The molecule has 8 heteroatoms. The molecule has 0 radical (unpaired) electrons. The molecular weight excluding hydrogens is 344 g/mol. The lowest BCUT2D eigenvalue weighted by Gasteiger charge is -2.12. The number of aromatic amines is 1. The first-order valence-corrected chi connectivity index (χ1v) is 7.54. The second-order valence-electron chi connectivity index (χ2n) is 5.54. The largest absolute Gasteiger partial charge is 0.327 e. The molecule has 0 aliphatic carbocycles. The Morgan fingerprint density at radius 3 is 2.58 bits per heavy atom. The van der Waals surface area contributed by atoms with E-state index in [9.17, 15) is 23.2 Å². The van der Waals surface area contributed by atoms with Crippen LogP contribution >= 0.6 is 0 Å². The lowest BCUT2D eigenvalue weighted by Crippen LogP contribution is -2.30. The lowest BCUT2D eigenvalue weighted by molar-refractivity contribution is 0.102.